The third-order valence-electron chi connectivity index (χ3n) is 3.28. The van der Waals surface area contributed by atoms with Crippen LogP contribution >= 0.6 is 0 Å². The van der Waals surface area contributed by atoms with Gasteiger partial charge in [-0.3, -0.25) is 9.59 Å². The standard InChI is InChI=1S/C18H19N3O3/c1-13(15-9-5-6-10-16(15)22)20-21-18(24)12-11-17(23)19-14-7-3-2-4-8-14/h2-10,22H,11-12H2,1H3,(H,19,23)(H,21,24)/b20-13+. The van der Waals surface area contributed by atoms with Gasteiger partial charge in [-0.05, 0) is 31.2 Å². The molecule has 2 aromatic rings. The maximum Gasteiger partial charge on any atom is 0.240 e. The second-order valence-electron chi connectivity index (χ2n) is 5.16. The number of benzene rings is 2. The van der Waals surface area contributed by atoms with Crippen LogP contribution in [0.4, 0.5) is 5.69 Å². The Hall–Kier alpha value is -3.15. The smallest absolute Gasteiger partial charge is 0.240 e. The lowest BCUT2D eigenvalue weighted by atomic mass is 10.1. The fourth-order valence-corrected chi connectivity index (χ4v) is 2.01. The van der Waals surface area contributed by atoms with Crippen LogP contribution in [-0.2, 0) is 9.59 Å². The highest BCUT2D eigenvalue weighted by Crippen LogP contribution is 2.16. The van der Waals surface area contributed by atoms with Crippen LogP contribution in [0.25, 0.3) is 0 Å². The molecular formula is C18H19N3O3. The van der Waals surface area contributed by atoms with Crippen LogP contribution in [0.2, 0.25) is 0 Å². The number of hydrogen-bond acceptors (Lipinski definition) is 4. The molecule has 2 rings (SSSR count). The number of anilines is 1. The van der Waals surface area contributed by atoms with Crippen molar-refractivity contribution in [2.45, 2.75) is 19.8 Å². The maximum atomic E-state index is 11.8. The molecule has 2 aromatic carbocycles. The number of phenolic OH excluding ortho intramolecular Hbond substituents is 1. The van der Waals surface area contributed by atoms with Crippen molar-refractivity contribution in [1.82, 2.24) is 5.43 Å². The second-order valence-corrected chi connectivity index (χ2v) is 5.16. The van der Waals surface area contributed by atoms with Crippen molar-refractivity contribution in [3.8, 4) is 5.75 Å². The number of carbonyl (C=O) groups is 2. The first-order chi connectivity index (χ1) is 11.6. The van der Waals surface area contributed by atoms with Crippen LogP contribution < -0.4 is 10.7 Å². The average Bonchev–Trinajstić information content (AvgIpc) is 2.59. The third-order valence-corrected chi connectivity index (χ3v) is 3.28. The van der Waals surface area contributed by atoms with E-state index in [1.807, 2.05) is 18.2 Å². The highest BCUT2D eigenvalue weighted by atomic mass is 16.3. The van der Waals surface area contributed by atoms with Gasteiger partial charge in [-0.1, -0.05) is 30.3 Å². The number of nitrogens with zero attached hydrogens (tertiary/aromatic N) is 1. The number of aromatic hydroxyl groups is 1. The summed E-state index contributed by atoms with van der Waals surface area (Å²) in [6.45, 7) is 1.68. The van der Waals surface area contributed by atoms with E-state index in [-0.39, 0.29) is 30.4 Å². The average molecular weight is 325 g/mol. The fraction of sp³-hybridized carbons (Fsp3) is 0.167. The van der Waals surface area contributed by atoms with Crippen molar-refractivity contribution in [3.63, 3.8) is 0 Å². The van der Waals surface area contributed by atoms with Crippen molar-refractivity contribution in [2.75, 3.05) is 5.32 Å². The molecule has 0 aliphatic heterocycles. The SMILES string of the molecule is C/C(=N\NC(=O)CCC(=O)Nc1ccccc1)c1ccccc1O. The first-order valence-corrected chi connectivity index (χ1v) is 7.52. The summed E-state index contributed by atoms with van der Waals surface area (Å²) in [5.41, 5.74) is 4.10. The van der Waals surface area contributed by atoms with Crippen molar-refractivity contribution in [2.24, 2.45) is 5.10 Å². The van der Waals surface area contributed by atoms with Gasteiger partial charge in [0.2, 0.25) is 11.8 Å². The normalized spacial score (nSPS) is 11.0. The molecule has 0 heterocycles. The van der Waals surface area contributed by atoms with Crippen molar-refractivity contribution < 1.29 is 14.7 Å². The minimum atomic E-state index is -0.368. The molecule has 6 nitrogen and oxygen atoms in total. The summed E-state index contributed by atoms with van der Waals surface area (Å²) >= 11 is 0. The van der Waals surface area contributed by atoms with E-state index in [4.69, 9.17) is 0 Å². The van der Waals surface area contributed by atoms with Gasteiger partial charge in [0, 0.05) is 24.1 Å². The van der Waals surface area contributed by atoms with Crippen LogP contribution in [0, 0.1) is 0 Å². The molecule has 0 fully saturated rings. The first kappa shape index (κ1) is 17.2. The Balaban J connectivity index is 1.80. The number of hydrogen-bond donors (Lipinski definition) is 3. The van der Waals surface area contributed by atoms with Gasteiger partial charge in [-0.25, -0.2) is 5.43 Å². The van der Waals surface area contributed by atoms with Crippen molar-refractivity contribution >= 4 is 23.2 Å². The third kappa shape index (κ3) is 5.24. The van der Waals surface area contributed by atoms with E-state index in [1.165, 1.54) is 0 Å². The molecule has 0 unspecified atom stereocenters. The Morgan fingerprint density at radius 1 is 0.958 bits per heavy atom. The van der Waals surface area contributed by atoms with Gasteiger partial charge in [0.15, 0.2) is 0 Å². The van der Waals surface area contributed by atoms with E-state index in [1.54, 1.807) is 43.3 Å². The lowest BCUT2D eigenvalue weighted by Crippen LogP contribution is -2.21. The quantitative estimate of drug-likeness (QED) is 0.563. The molecule has 0 saturated carbocycles. The van der Waals surface area contributed by atoms with Crippen LogP contribution in [0.15, 0.2) is 59.7 Å². The number of phenols is 1. The van der Waals surface area contributed by atoms with Crippen LogP contribution in [-0.4, -0.2) is 22.6 Å². The molecular weight excluding hydrogens is 306 g/mol. The van der Waals surface area contributed by atoms with E-state index in [2.05, 4.69) is 15.8 Å². The molecule has 0 aliphatic carbocycles. The summed E-state index contributed by atoms with van der Waals surface area (Å²) in [6, 6.07) is 15.8. The summed E-state index contributed by atoms with van der Waals surface area (Å²) in [7, 11) is 0. The monoisotopic (exact) mass is 325 g/mol. The molecule has 2 amide bonds. The van der Waals surface area contributed by atoms with E-state index in [0.29, 0.717) is 17.0 Å². The number of hydrazone groups is 1. The topological polar surface area (TPSA) is 90.8 Å². The Morgan fingerprint density at radius 2 is 1.58 bits per heavy atom. The molecule has 0 aliphatic rings. The van der Waals surface area contributed by atoms with E-state index >= 15 is 0 Å². The molecule has 0 saturated heterocycles. The molecule has 124 valence electrons. The van der Waals surface area contributed by atoms with Gasteiger partial charge in [-0.15, -0.1) is 0 Å². The minimum absolute atomic E-state index is 0.0240. The van der Waals surface area contributed by atoms with E-state index < -0.39 is 0 Å². The number of rotatable bonds is 6. The second kappa shape index (κ2) is 8.47. The highest BCUT2D eigenvalue weighted by molar-refractivity contribution is 6.01. The number of para-hydroxylation sites is 2. The summed E-state index contributed by atoms with van der Waals surface area (Å²) in [6.07, 6.45) is 0.0854. The molecule has 3 N–H and O–H groups in total. The predicted octanol–water partition coefficient (Wildman–Crippen LogP) is 2.65. The minimum Gasteiger partial charge on any atom is -0.507 e. The van der Waals surface area contributed by atoms with Gasteiger partial charge in [-0.2, -0.15) is 5.10 Å². The van der Waals surface area contributed by atoms with Gasteiger partial charge >= 0.3 is 0 Å². The Morgan fingerprint density at radius 3 is 2.29 bits per heavy atom. The van der Waals surface area contributed by atoms with Gasteiger partial charge in [0.25, 0.3) is 0 Å². The molecule has 0 radical (unpaired) electrons. The van der Waals surface area contributed by atoms with Crippen molar-refractivity contribution in [3.05, 3.63) is 60.2 Å². The molecule has 0 atom stereocenters. The van der Waals surface area contributed by atoms with Crippen LogP contribution in [0.3, 0.4) is 0 Å². The molecule has 0 bridgehead atoms. The van der Waals surface area contributed by atoms with Crippen molar-refractivity contribution in [1.29, 1.82) is 0 Å². The van der Waals surface area contributed by atoms with E-state index in [0.717, 1.165) is 0 Å². The summed E-state index contributed by atoms with van der Waals surface area (Å²) in [5.74, 6) is -0.513. The largest absolute Gasteiger partial charge is 0.507 e. The molecule has 0 aromatic heterocycles. The Kier molecular flexibility index (Phi) is 6.08. The van der Waals surface area contributed by atoms with Gasteiger partial charge < -0.3 is 10.4 Å². The Labute approximate surface area is 140 Å². The lowest BCUT2D eigenvalue weighted by molar-refractivity contribution is -0.124. The molecule has 6 heteroatoms. The number of amides is 2. The summed E-state index contributed by atoms with van der Waals surface area (Å²) in [5, 5.41) is 16.4. The number of nitrogens with one attached hydrogen (secondary N) is 2. The van der Waals surface area contributed by atoms with Crippen LogP contribution in [0.1, 0.15) is 25.3 Å². The van der Waals surface area contributed by atoms with Gasteiger partial charge in [0.05, 0.1) is 5.71 Å². The zero-order chi connectivity index (χ0) is 17.4. The zero-order valence-electron chi connectivity index (χ0n) is 13.3. The zero-order valence-corrected chi connectivity index (χ0v) is 13.3. The number of carbonyl (C=O) groups excluding carboxylic acids is 2. The Bertz CT molecular complexity index is 742. The highest BCUT2D eigenvalue weighted by Gasteiger charge is 2.08. The maximum absolute atomic E-state index is 11.8. The molecule has 24 heavy (non-hydrogen) atoms. The van der Waals surface area contributed by atoms with Gasteiger partial charge in [0.1, 0.15) is 5.75 Å². The lowest BCUT2D eigenvalue weighted by Gasteiger charge is -2.06. The fourth-order valence-electron chi connectivity index (χ4n) is 2.01. The predicted molar refractivity (Wildman–Crippen MR) is 92.8 cm³/mol. The van der Waals surface area contributed by atoms with Crippen LogP contribution in [0.5, 0.6) is 5.75 Å². The summed E-state index contributed by atoms with van der Waals surface area (Å²) in [4.78, 5) is 23.5. The first-order valence-electron chi connectivity index (χ1n) is 7.52. The van der Waals surface area contributed by atoms with E-state index in [9.17, 15) is 14.7 Å². The summed E-state index contributed by atoms with van der Waals surface area (Å²) < 4.78 is 0. The molecule has 0 spiro atoms.